The van der Waals surface area contributed by atoms with Crippen molar-refractivity contribution in [2.75, 3.05) is 45.3 Å². The van der Waals surface area contributed by atoms with E-state index in [1.54, 1.807) is 13.3 Å². The molecule has 0 bridgehead atoms. The normalized spacial score (nSPS) is 20.2. The molecular formula is C27H32N4O4. The van der Waals surface area contributed by atoms with Gasteiger partial charge in [0.05, 0.1) is 24.5 Å². The molecule has 3 heterocycles. The van der Waals surface area contributed by atoms with Gasteiger partial charge in [0.1, 0.15) is 11.5 Å². The number of benzene rings is 2. The zero-order valence-electron chi connectivity index (χ0n) is 20.0. The Balaban J connectivity index is 1.17. The van der Waals surface area contributed by atoms with E-state index in [-0.39, 0.29) is 31.1 Å². The number of nitrogens with zero attached hydrogens (tertiary/aromatic N) is 2. The summed E-state index contributed by atoms with van der Waals surface area (Å²) < 4.78 is 10.8. The topological polar surface area (TPSA) is 96.0 Å². The molecule has 2 atom stereocenters. The molecule has 0 spiro atoms. The minimum atomic E-state index is -0.130. The van der Waals surface area contributed by atoms with E-state index in [0.29, 0.717) is 12.3 Å². The maximum atomic E-state index is 11.6. The van der Waals surface area contributed by atoms with Gasteiger partial charge >= 0.3 is 0 Å². The van der Waals surface area contributed by atoms with Crippen LogP contribution in [-0.2, 0) is 17.8 Å². The number of aromatic nitrogens is 1. The van der Waals surface area contributed by atoms with E-state index in [1.165, 1.54) is 5.56 Å². The van der Waals surface area contributed by atoms with E-state index < -0.39 is 0 Å². The summed E-state index contributed by atoms with van der Waals surface area (Å²) in [5, 5.41) is 17.7. The molecule has 8 heteroatoms. The highest BCUT2D eigenvalue weighted by molar-refractivity contribution is 5.95. The average molecular weight is 477 g/mol. The number of amides is 1. The maximum Gasteiger partial charge on any atom is 0.262 e. The number of likely N-dealkylation sites (tertiary alicyclic amines) is 1. The first-order chi connectivity index (χ1) is 17.1. The van der Waals surface area contributed by atoms with Gasteiger partial charge in [0, 0.05) is 43.6 Å². The van der Waals surface area contributed by atoms with Gasteiger partial charge in [0.25, 0.3) is 5.91 Å². The van der Waals surface area contributed by atoms with Crippen molar-refractivity contribution < 1.29 is 19.4 Å². The molecule has 2 aliphatic heterocycles. The standard InChI is InChI=1S/C27H32N4O4/c1-34-21-12-22-19(3-2-4-24(22)29-14-21)7-9-31-10-8-23(20(15-31)16-32)28-13-18-5-6-26-25(11-18)30-27(33)17-35-26/h2-6,11-12,14,20,23,28,32H,7-10,13,15-17H2,1H3,(H,30,33). The average Bonchev–Trinajstić information content (AvgIpc) is 2.90. The van der Waals surface area contributed by atoms with Crippen LogP contribution in [0.15, 0.2) is 48.7 Å². The number of nitrogens with one attached hydrogen (secondary N) is 2. The van der Waals surface area contributed by atoms with Crippen LogP contribution in [0.2, 0.25) is 0 Å². The van der Waals surface area contributed by atoms with Crippen molar-refractivity contribution in [3.8, 4) is 11.5 Å². The summed E-state index contributed by atoms with van der Waals surface area (Å²) in [7, 11) is 1.66. The summed E-state index contributed by atoms with van der Waals surface area (Å²) in [6.45, 7) is 3.66. The summed E-state index contributed by atoms with van der Waals surface area (Å²) in [6, 6.07) is 14.4. The zero-order chi connectivity index (χ0) is 24.2. The van der Waals surface area contributed by atoms with E-state index in [9.17, 15) is 9.90 Å². The Morgan fingerprint density at radius 3 is 3.06 bits per heavy atom. The Morgan fingerprint density at radius 2 is 2.20 bits per heavy atom. The number of anilines is 1. The third-order valence-corrected chi connectivity index (χ3v) is 7.02. The first-order valence-corrected chi connectivity index (χ1v) is 12.2. The molecule has 5 rings (SSSR count). The molecule has 1 saturated heterocycles. The van der Waals surface area contributed by atoms with Gasteiger partial charge in [0.15, 0.2) is 6.61 Å². The third-order valence-electron chi connectivity index (χ3n) is 7.02. The van der Waals surface area contributed by atoms with Crippen molar-refractivity contribution in [1.29, 1.82) is 0 Å². The number of ether oxygens (including phenoxy) is 2. The number of hydrogen-bond acceptors (Lipinski definition) is 7. The molecule has 0 radical (unpaired) electrons. The van der Waals surface area contributed by atoms with E-state index in [2.05, 4.69) is 38.7 Å². The fourth-order valence-electron chi connectivity index (χ4n) is 5.05. The molecule has 3 N–H and O–H groups in total. The molecule has 1 aromatic heterocycles. The molecular weight excluding hydrogens is 444 g/mol. The van der Waals surface area contributed by atoms with Crippen LogP contribution >= 0.6 is 0 Å². The van der Waals surface area contributed by atoms with Crippen molar-refractivity contribution in [1.82, 2.24) is 15.2 Å². The van der Waals surface area contributed by atoms with E-state index in [4.69, 9.17) is 9.47 Å². The lowest BCUT2D eigenvalue weighted by Crippen LogP contribution is -2.50. The second kappa shape index (κ2) is 10.6. The van der Waals surface area contributed by atoms with Gasteiger partial charge in [-0.05, 0) is 54.8 Å². The predicted molar refractivity (Wildman–Crippen MR) is 135 cm³/mol. The van der Waals surface area contributed by atoms with Crippen LogP contribution in [0.5, 0.6) is 11.5 Å². The fourth-order valence-corrected chi connectivity index (χ4v) is 5.05. The third kappa shape index (κ3) is 5.40. The van der Waals surface area contributed by atoms with Crippen molar-refractivity contribution in [2.24, 2.45) is 5.92 Å². The molecule has 2 aliphatic rings. The number of aliphatic hydroxyl groups excluding tert-OH is 1. The monoisotopic (exact) mass is 476 g/mol. The predicted octanol–water partition coefficient (Wildman–Crippen LogP) is 2.59. The highest BCUT2D eigenvalue weighted by atomic mass is 16.5. The van der Waals surface area contributed by atoms with E-state index in [1.807, 2.05) is 24.3 Å². The Morgan fingerprint density at radius 1 is 1.29 bits per heavy atom. The summed E-state index contributed by atoms with van der Waals surface area (Å²) in [4.78, 5) is 18.5. The van der Waals surface area contributed by atoms with Gasteiger partial charge in [0.2, 0.25) is 0 Å². The van der Waals surface area contributed by atoms with Crippen LogP contribution in [0, 0.1) is 5.92 Å². The molecule has 35 heavy (non-hydrogen) atoms. The Kier molecular flexibility index (Phi) is 7.13. The molecule has 0 aliphatic carbocycles. The quantitative estimate of drug-likeness (QED) is 0.460. The first kappa shape index (κ1) is 23.5. The number of fused-ring (bicyclic) bond motifs is 2. The second-order valence-electron chi connectivity index (χ2n) is 9.30. The van der Waals surface area contributed by atoms with Crippen LogP contribution in [0.3, 0.4) is 0 Å². The van der Waals surface area contributed by atoms with Crippen LogP contribution < -0.4 is 20.1 Å². The number of piperidine rings is 1. The fraction of sp³-hybridized carbons (Fsp3) is 0.407. The molecule has 2 aromatic carbocycles. The highest BCUT2D eigenvalue weighted by Gasteiger charge is 2.28. The molecule has 8 nitrogen and oxygen atoms in total. The van der Waals surface area contributed by atoms with Gasteiger partial charge in [-0.25, -0.2) is 0 Å². The maximum absolute atomic E-state index is 11.6. The van der Waals surface area contributed by atoms with Gasteiger partial charge in [-0.3, -0.25) is 9.78 Å². The number of carbonyl (C=O) groups is 1. The lowest BCUT2D eigenvalue weighted by molar-refractivity contribution is -0.118. The largest absolute Gasteiger partial charge is 0.495 e. The van der Waals surface area contributed by atoms with Gasteiger partial charge in [-0.15, -0.1) is 0 Å². The highest BCUT2D eigenvalue weighted by Crippen LogP contribution is 2.29. The number of hydrogen-bond donors (Lipinski definition) is 3. The molecule has 1 fully saturated rings. The smallest absolute Gasteiger partial charge is 0.262 e. The van der Waals surface area contributed by atoms with Crippen LogP contribution in [0.25, 0.3) is 10.9 Å². The second-order valence-corrected chi connectivity index (χ2v) is 9.30. The lowest BCUT2D eigenvalue weighted by atomic mass is 9.92. The van der Waals surface area contributed by atoms with Crippen molar-refractivity contribution in [2.45, 2.75) is 25.4 Å². The molecule has 184 valence electrons. The molecule has 1 amide bonds. The van der Waals surface area contributed by atoms with Crippen LogP contribution in [0.4, 0.5) is 5.69 Å². The summed E-state index contributed by atoms with van der Waals surface area (Å²) in [5.74, 6) is 1.51. The number of methoxy groups -OCH3 is 1. The number of aliphatic hydroxyl groups is 1. The van der Waals surface area contributed by atoms with Crippen LogP contribution in [-0.4, -0.2) is 66.9 Å². The zero-order valence-corrected chi connectivity index (χ0v) is 20.0. The summed E-state index contributed by atoms with van der Waals surface area (Å²) in [5.41, 5.74) is 4.04. The SMILES string of the molecule is COc1cnc2cccc(CCN3CCC(NCc4ccc5c(c4)NC(=O)CO5)C(CO)C3)c2c1. The van der Waals surface area contributed by atoms with Crippen molar-refractivity contribution in [3.63, 3.8) is 0 Å². The Bertz CT molecular complexity index is 1200. The molecule has 3 aromatic rings. The minimum Gasteiger partial charge on any atom is -0.495 e. The number of carbonyl (C=O) groups excluding carboxylic acids is 1. The number of rotatable bonds is 8. The van der Waals surface area contributed by atoms with Gasteiger partial charge < -0.3 is 30.1 Å². The van der Waals surface area contributed by atoms with E-state index >= 15 is 0 Å². The Hall–Kier alpha value is -3.20. The Labute approximate surface area is 205 Å². The molecule has 2 unspecified atom stereocenters. The first-order valence-electron chi connectivity index (χ1n) is 12.2. The summed E-state index contributed by atoms with van der Waals surface area (Å²) >= 11 is 0. The van der Waals surface area contributed by atoms with Crippen molar-refractivity contribution in [3.05, 3.63) is 59.8 Å². The van der Waals surface area contributed by atoms with Gasteiger partial charge in [-0.1, -0.05) is 18.2 Å². The lowest BCUT2D eigenvalue weighted by Gasteiger charge is -2.38. The van der Waals surface area contributed by atoms with Crippen LogP contribution in [0.1, 0.15) is 17.5 Å². The minimum absolute atomic E-state index is 0.0624. The van der Waals surface area contributed by atoms with Crippen molar-refractivity contribution >= 4 is 22.5 Å². The number of pyridine rings is 1. The molecule has 0 saturated carbocycles. The van der Waals surface area contributed by atoms with E-state index in [0.717, 1.165) is 60.4 Å². The van der Waals surface area contributed by atoms with Gasteiger partial charge in [-0.2, -0.15) is 0 Å². The summed E-state index contributed by atoms with van der Waals surface area (Å²) in [6.07, 6.45) is 3.65.